The molecule has 2 aromatic rings. The molecule has 0 bridgehead atoms. The second kappa shape index (κ2) is 5.75. The first kappa shape index (κ1) is 16.9. The summed E-state index contributed by atoms with van der Waals surface area (Å²) in [5.74, 6) is 0.552. The van der Waals surface area contributed by atoms with E-state index < -0.39 is 0 Å². The van der Waals surface area contributed by atoms with Crippen molar-refractivity contribution in [1.29, 1.82) is 0 Å². The van der Waals surface area contributed by atoms with Crippen LogP contribution in [0.15, 0.2) is 18.2 Å². The van der Waals surface area contributed by atoms with Crippen LogP contribution in [0.1, 0.15) is 44.2 Å². The largest absolute Gasteiger partial charge is 0.352 e. The van der Waals surface area contributed by atoms with Gasteiger partial charge in [-0.3, -0.25) is 4.79 Å². The van der Waals surface area contributed by atoms with Crippen LogP contribution in [0, 0.1) is 5.41 Å². The van der Waals surface area contributed by atoms with Gasteiger partial charge in [-0.25, -0.2) is 0 Å². The average molecular weight is 360 g/mol. The first-order chi connectivity index (χ1) is 11.8. The molecule has 3 atom stereocenters. The number of amides is 1. The van der Waals surface area contributed by atoms with E-state index in [2.05, 4.69) is 40.4 Å². The number of nitrogens with one attached hydrogen (secondary N) is 2. The zero-order valence-electron chi connectivity index (χ0n) is 15.3. The van der Waals surface area contributed by atoms with Crippen molar-refractivity contribution in [3.8, 4) is 0 Å². The van der Waals surface area contributed by atoms with Crippen LogP contribution in [0.2, 0.25) is 5.15 Å². The molecule has 1 fully saturated rings. The fourth-order valence-electron chi connectivity index (χ4n) is 4.49. The van der Waals surface area contributed by atoms with E-state index in [1.165, 1.54) is 16.5 Å². The molecule has 1 aliphatic heterocycles. The number of halogens is 1. The summed E-state index contributed by atoms with van der Waals surface area (Å²) in [5.41, 5.74) is 3.38. The maximum absolute atomic E-state index is 12.4. The third-order valence-electron chi connectivity index (χ3n) is 5.81. The summed E-state index contributed by atoms with van der Waals surface area (Å²) in [6.07, 6.45) is 1.95. The third kappa shape index (κ3) is 2.76. The molecule has 0 spiro atoms. The second-order valence-corrected chi connectivity index (χ2v) is 9.04. The molecule has 25 heavy (non-hydrogen) atoms. The summed E-state index contributed by atoms with van der Waals surface area (Å²) in [5, 5.41) is 5.34. The molecular weight excluding hydrogens is 334 g/mol. The maximum Gasteiger partial charge on any atom is 0.225 e. The lowest BCUT2D eigenvalue weighted by molar-refractivity contribution is -0.129. The van der Waals surface area contributed by atoms with Gasteiger partial charge in [-0.05, 0) is 37.1 Å². The summed E-state index contributed by atoms with van der Waals surface area (Å²) >= 11 is 6.47. The summed E-state index contributed by atoms with van der Waals surface area (Å²) < 4.78 is 0. The zero-order chi connectivity index (χ0) is 17.9. The van der Waals surface area contributed by atoms with Gasteiger partial charge in [0.25, 0.3) is 0 Å². The van der Waals surface area contributed by atoms with Gasteiger partial charge in [0.05, 0.1) is 0 Å². The molecule has 0 saturated carbocycles. The van der Waals surface area contributed by atoms with Gasteiger partial charge in [0.1, 0.15) is 5.15 Å². The lowest BCUT2D eigenvalue weighted by atomic mass is 9.74. The maximum atomic E-state index is 12.4. The molecule has 4 rings (SSSR count). The summed E-state index contributed by atoms with van der Waals surface area (Å²) in [6, 6.07) is 7.06. The van der Waals surface area contributed by atoms with Crippen LogP contribution >= 0.6 is 11.6 Å². The van der Waals surface area contributed by atoms with Crippen LogP contribution in [0.3, 0.4) is 0 Å². The highest BCUT2D eigenvalue weighted by atomic mass is 35.5. The molecular formula is C20H26ClN3O. The van der Waals surface area contributed by atoms with Crippen LogP contribution in [0.5, 0.6) is 0 Å². The van der Waals surface area contributed by atoms with Gasteiger partial charge < -0.3 is 15.2 Å². The number of likely N-dealkylation sites (tertiary alicyclic amines) is 1. The van der Waals surface area contributed by atoms with Gasteiger partial charge in [-0.15, -0.1) is 0 Å². The molecule has 2 heterocycles. The molecule has 1 aromatic heterocycles. The fraction of sp³-hybridized carbons (Fsp3) is 0.550. The van der Waals surface area contributed by atoms with Crippen molar-refractivity contribution < 1.29 is 4.79 Å². The highest BCUT2D eigenvalue weighted by molar-refractivity contribution is 6.32. The molecule has 5 heteroatoms. The zero-order valence-corrected chi connectivity index (χ0v) is 16.1. The highest BCUT2D eigenvalue weighted by Gasteiger charge is 2.41. The van der Waals surface area contributed by atoms with Crippen LogP contribution in [0.4, 0.5) is 0 Å². The number of carbonyl (C=O) groups excluding carboxylic acids is 1. The van der Waals surface area contributed by atoms with Crippen LogP contribution in [-0.4, -0.2) is 41.5 Å². The minimum Gasteiger partial charge on any atom is -0.352 e. The Kier molecular flexibility index (Phi) is 3.89. The molecule has 2 N–H and O–H groups in total. The third-order valence-corrected chi connectivity index (χ3v) is 6.14. The van der Waals surface area contributed by atoms with Crippen molar-refractivity contribution >= 4 is 28.4 Å². The predicted molar refractivity (Wildman–Crippen MR) is 102 cm³/mol. The Morgan fingerprint density at radius 2 is 2.12 bits per heavy atom. The number of nitrogens with zero attached hydrogens (tertiary/aromatic N) is 1. The lowest BCUT2D eigenvalue weighted by Gasteiger charge is -2.46. The monoisotopic (exact) mass is 359 g/mol. The van der Waals surface area contributed by atoms with Crippen molar-refractivity contribution in [3.63, 3.8) is 0 Å². The first-order valence-electron chi connectivity index (χ1n) is 9.06. The number of rotatable bonds is 1. The number of fused-ring (bicyclic) bond motifs is 2. The molecule has 2 aliphatic rings. The second-order valence-electron chi connectivity index (χ2n) is 8.66. The van der Waals surface area contributed by atoms with Crippen molar-refractivity contribution in [3.05, 3.63) is 34.5 Å². The average Bonchev–Trinajstić information content (AvgIpc) is 2.85. The topological polar surface area (TPSA) is 48.1 Å². The number of benzene rings is 1. The lowest BCUT2D eigenvalue weighted by Crippen LogP contribution is -2.56. The van der Waals surface area contributed by atoms with Crippen LogP contribution in [0.25, 0.3) is 10.9 Å². The number of carbonyl (C=O) groups is 1. The molecule has 1 saturated heterocycles. The van der Waals surface area contributed by atoms with Gasteiger partial charge in [-0.2, -0.15) is 0 Å². The van der Waals surface area contributed by atoms with Crippen molar-refractivity contribution in [2.75, 3.05) is 13.6 Å². The normalized spacial score (nSPS) is 26.5. The van der Waals surface area contributed by atoms with E-state index in [-0.39, 0.29) is 17.4 Å². The molecule has 1 aromatic carbocycles. The van der Waals surface area contributed by atoms with E-state index in [4.69, 9.17) is 11.6 Å². The number of aromatic amines is 1. The van der Waals surface area contributed by atoms with Gasteiger partial charge in [0, 0.05) is 40.9 Å². The first-order valence-corrected chi connectivity index (χ1v) is 9.43. The summed E-state index contributed by atoms with van der Waals surface area (Å²) in [6.45, 7) is 6.78. The predicted octanol–water partition coefficient (Wildman–Crippen LogP) is 3.70. The van der Waals surface area contributed by atoms with Crippen LogP contribution in [-0.2, 0) is 11.2 Å². The Morgan fingerprint density at radius 3 is 2.84 bits per heavy atom. The Bertz CT molecular complexity index is 835. The number of aromatic nitrogens is 1. The minimum absolute atomic E-state index is 0.128. The molecule has 1 aliphatic carbocycles. The molecule has 4 nitrogen and oxygen atoms in total. The molecule has 134 valence electrons. The van der Waals surface area contributed by atoms with Crippen molar-refractivity contribution in [1.82, 2.24) is 15.2 Å². The Balaban J connectivity index is 1.68. The SMILES string of the molecule is CN1C[C@@H](NC(=O)C(C)(C)C)C[C@@H]2c3cccc4[nH]c(Cl)c(c34)C[C@H]21. The number of likely N-dealkylation sites (N-methyl/N-ethyl adjacent to an activating group) is 1. The number of hydrogen-bond acceptors (Lipinski definition) is 2. The van der Waals surface area contributed by atoms with Gasteiger partial charge in [0.15, 0.2) is 0 Å². The Hall–Kier alpha value is -1.52. The van der Waals surface area contributed by atoms with E-state index in [0.29, 0.717) is 12.0 Å². The fourth-order valence-corrected chi connectivity index (χ4v) is 4.76. The number of hydrogen-bond donors (Lipinski definition) is 2. The van der Waals surface area contributed by atoms with E-state index in [0.717, 1.165) is 30.1 Å². The van der Waals surface area contributed by atoms with E-state index >= 15 is 0 Å². The van der Waals surface area contributed by atoms with E-state index in [1.54, 1.807) is 0 Å². The van der Waals surface area contributed by atoms with Gasteiger partial charge in [0.2, 0.25) is 5.91 Å². The molecule has 1 amide bonds. The van der Waals surface area contributed by atoms with Gasteiger partial charge >= 0.3 is 0 Å². The molecule has 0 radical (unpaired) electrons. The van der Waals surface area contributed by atoms with E-state index in [1.807, 2.05) is 20.8 Å². The van der Waals surface area contributed by atoms with Crippen LogP contribution < -0.4 is 5.32 Å². The van der Waals surface area contributed by atoms with Gasteiger partial charge in [-0.1, -0.05) is 44.5 Å². The van der Waals surface area contributed by atoms with Crippen molar-refractivity contribution in [2.24, 2.45) is 5.41 Å². The Labute approximate surface area is 153 Å². The summed E-state index contributed by atoms with van der Waals surface area (Å²) in [4.78, 5) is 18.2. The number of piperidine rings is 1. The smallest absolute Gasteiger partial charge is 0.225 e. The minimum atomic E-state index is -0.358. The Morgan fingerprint density at radius 1 is 1.36 bits per heavy atom. The standard InChI is InChI=1S/C20H26ClN3O/c1-20(2,3)19(25)22-11-8-13-12-6-5-7-15-17(12)14(18(21)23-15)9-16(13)24(4)10-11/h5-7,11,13,16,23H,8-10H2,1-4H3,(H,22,25)/t11-,13+,16+/m0/s1. The summed E-state index contributed by atoms with van der Waals surface area (Å²) in [7, 11) is 2.17. The van der Waals surface area contributed by atoms with Crippen molar-refractivity contribution in [2.45, 2.75) is 51.6 Å². The van der Waals surface area contributed by atoms with E-state index in [9.17, 15) is 4.79 Å². The highest BCUT2D eigenvalue weighted by Crippen LogP contribution is 2.45. The quantitative estimate of drug-likeness (QED) is 0.815. The number of H-pyrrole nitrogens is 1. The molecule has 0 unspecified atom stereocenters.